The number of carbonyl (C=O) groups is 1. The van der Waals surface area contributed by atoms with Crippen LogP contribution in [0.3, 0.4) is 0 Å². The quantitative estimate of drug-likeness (QED) is 0.477. The molecule has 3 aromatic heterocycles. The predicted molar refractivity (Wildman–Crippen MR) is 137 cm³/mol. The SMILES string of the molecule is O=C(NCCOc1cc(N2CCCCC2)ncn1)C1CCCN(c2ccc(-c3cccs3)nn2)C1. The molecule has 2 saturated heterocycles. The average Bonchev–Trinajstić information content (AvgIpc) is 3.47. The van der Waals surface area contributed by atoms with Crippen molar-refractivity contribution < 1.29 is 9.53 Å². The molecule has 1 N–H and O–H groups in total. The number of rotatable bonds is 8. The maximum atomic E-state index is 12.8. The lowest BCUT2D eigenvalue weighted by Gasteiger charge is -2.32. The Morgan fingerprint density at radius 3 is 2.71 bits per heavy atom. The van der Waals surface area contributed by atoms with Gasteiger partial charge in [-0.3, -0.25) is 4.79 Å². The number of aromatic nitrogens is 4. The van der Waals surface area contributed by atoms with Gasteiger partial charge in [0.15, 0.2) is 5.82 Å². The molecule has 0 spiro atoms. The van der Waals surface area contributed by atoms with Crippen LogP contribution in [0.25, 0.3) is 10.6 Å². The van der Waals surface area contributed by atoms with Crippen LogP contribution in [0.2, 0.25) is 0 Å². The van der Waals surface area contributed by atoms with Crippen molar-refractivity contribution in [3.8, 4) is 16.5 Å². The maximum Gasteiger partial charge on any atom is 0.225 e. The number of hydrogen-bond acceptors (Lipinski definition) is 9. The zero-order valence-corrected chi connectivity index (χ0v) is 20.6. The van der Waals surface area contributed by atoms with E-state index in [2.05, 4.69) is 35.3 Å². The van der Waals surface area contributed by atoms with Gasteiger partial charge in [0.1, 0.15) is 24.4 Å². The van der Waals surface area contributed by atoms with E-state index in [9.17, 15) is 4.79 Å². The van der Waals surface area contributed by atoms with Crippen molar-refractivity contribution in [1.82, 2.24) is 25.5 Å². The predicted octanol–water partition coefficient (Wildman–Crippen LogP) is 3.40. The lowest BCUT2D eigenvalue weighted by molar-refractivity contribution is -0.125. The van der Waals surface area contributed by atoms with E-state index in [1.807, 2.05) is 35.7 Å². The number of carbonyl (C=O) groups excluding carboxylic acids is 1. The average molecular weight is 494 g/mol. The fourth-order valence-electron chi connectivity index (χ4n) is 4.63. The highest BCUT2D eigenvalue weighted by Gasteiger charge is 2.26. The molecular formula is C25H31N7O2S. The standard InChI is InChI=1S/C25H31N7O2S/c33-25(26-10-14-34-24-16-23(27-18-28-24)31-11-2-1-3-12-31)19-6-4-13-32(17-19)22-9-8-20(29-30-22)21-7-5-15-35-21/h5,7-9,15-16,18-19H,1-4,6,10-14,17H2,(H,26,33). The molecule has 10 heteroatoms. The van der Waals surface area contributed by atoms with Crippen molar-refractivity contribution in [1.29, 1.82) is 0 Å². The molecule has 5 heterocycles. The maximum absolute atomic E-state index is 12.8. The Bertz CT molecular complexity index is 1090. The van der Waals surface area contributed by atoms with Crippen LogP contribution in [0.5, 0.6) is 5.88 Å². The summed E-state index contributed by atoms with van der Waals surface area (Å²) in [5.74, 6) is 2.25. The Labute approximate surface area is 209 Å². The first kappa shape index (κ1) is 23.5. The third kappa shape index (κ3) is 6.05. The number of nitrogens with one attached hydrogen (secondary N) is 1. The van der Waals surface area contributed by atoms with E-state index >= 15 is 0 Å². The van der Waals surface area contributed by atoms with Crippen LogP contribution in [0.15, 0.2) is 42.0 Å². The zero-order chi connectivity index (χ0) is 23.9. The van der Waals surface area contributed by atoms with Gasteiger partial charge in [-0.05, 0) is 55.7 Å². The van der Waals surface area contributed by atoms with Crippen molar-refractivity contribution in [2.45, 2.75) is 32.1 Å². The molecule has 0 radical (unpaired) electrons. The highest BCUT2D eigenvalue weighted by atomic mass is 32.1. The summed E-state index contributed by atoms with van der Waals surface area (Å²) >= 11 is 1.65. The number of hydrogen-bond donors (Lipinski definition) is 1. The lowest BCUT2D eigenvalue weighted by atomic mass is 9.97. The molecule has 3 aromatic rings. The van der Waals surface area contributed by atoms with Gasteiger partial charge in [-0.15, -0.1) is 21.5 Å². The van der Waals surface area contributed by atoms with Crippen LogP contribution in [0.4, 0.5) is 11.6 Å². The molecule has 1 atom stereocenters. The Kier molecular flexibility index (Phi) is 7.67. The Morgan fingerprint density at radius 1 is 1.03 bits per heavy atom. The molecule has 0 saturated carbocycles. The first-order valence-corrected chi connectivity index (χ1v) is 13.2. The molecule has 2 aliphatic rings. The molecular weight excluding hydrogens is 462 g/mol. The Morgan fingerprint density at radius 2 is 1.91 bits per heavy atom. The van der Waals surface area contributed by atoms with Gasteiger partial charge in [0, 0.05) is 32.2 Å². The fraction of sp³-hybridized carbons (Fsp3) is 0.480. The molecule has 5 rings (SSSR count). The number of anilines is 2. The van der Waals surface area contributed by atoms with Crippen LogP contribution >= 0.6 is 11.3 Å². The summed E-state index contributed by atoms with van der Waals surface area (Å²) < 4.78 is 5.79. The topological polar surface area (TPSA) is 96.4 Å². The normalized spacial score (nSPS) is 18.3. The van der Waals surface area contributed by atoms with Crippen LogP contribution < -0.4 is 19.9 Å². The summed E-state index contributed by atoms with van der Waals surface area (Å²) in [5.41, 5.74) is 0.877. The molecule has 184 valence electrons. The Balaban J connectivity index is 1.08. The fourth-order valence-corrected chi connectivity index (χ4v) is 5.32. The van der Waals surface area contributed by atoms with Gasteiger partial charge in [0.05, 0.1) is 17.3 Å². The molecule has 35 heavy (non-hydrogen) atoms. The summed E-state index contributed by atoms with van der Waals surface area (Å²) in [4.78, 5) is 26.9. The van der Waals surface area contributed by atoms with Crippen LogP contribution in [-0.4, -0.2) is 65.4 Å². The van der Waals surface area contributed by atoms with Crippen molar-refractivity contribution in [3.05, 3.63) is 42.0 Å². The summed E-state index contributed by atoms with van der Waals surface area (Å²) in [7, 11) is 0. The Hall–Kier alpha value is -3.27. The van der Waals surface area contributed by atoms with Crippen LogP contribution in [-0.2, 0) is 4.79 Å². The molecule has 0 aromatic carbocycles. The van der Waals surface area contributed by atoms with Crippen LogP contribution in [0, 0.1) is 5.92 Å². The molecule has 2 fully saturated rings. The first-order chi connectivity index (χ1) is 17.3. The lowest BCUT2D eigenvalue weighted by Crippen LogP contribution is -2.44. The third-order valence-corrected chi connectivity index (χ3v) is 7.39. The van der Waals surface area contributed by atoms with Gasteiger partial charge < -0.3 is 19.9 Å². The van der Waals surface area contributed by atoms with Gasteiger partial charge >= 0.3 is 0 Å². The summed E-state index contributed by atoms with van der Waals surface area (Å²) in [6.45, 7) is 4.38. The van der Waals surface area contributed by atoms with Gasteiger partial charge in [0.2, 0.25) is 11.8 Å². The summed E-state index contributed by atoms with van der Waals surface area (Å²) in [6, 6.07) is 9.93. The second-order valence-corrected chi connectivity index (χ2v) is 9.89. The molecule has 9 nitrogen and oxygen atoms in total. The van der Waals surface area contributed by atoms with Gasteiger partial charge in [-0.25, -0.2) is 9.97 Å². The van der Waals surface area contributed by atoms with Gasteiger partial charge in [0.25, 0.3) is 0 Å². The number of amides is 1. The number of piperidine rings is 2. The number of ether oxygens (including phenoxy) is 1. The molecule has 0 bridgehead atoms. The van der Waals surface area contributed by atoms with E-state index in [-0.39, 0.29) is 11.8 Å². The monoisotopic (exact) mass is 493 g/mol. The van der Waals surface area contributed by atoms with Gasteiger partial charge in [-0.2, -0.15) is 0 Å². The van der Waals surface area contributed by atoms with Crippen molar-refractivity contribution >= 4 is 28.9 Å². The van der Waals surface area contributed by atoms with Crippen molar-refractivity contribution in [3.63, 3.8) is 0 Å². The highest BCUT2D eigenvalue weighted by Crippen LogP contribution is 2.25. The molecule has 0 aliphatic carbocycles. The van der Waals surface area contributed by atoms with E-state index in [4.69, 9.17) is 4.74 Å². The van der Waals surface area contributed by atoms with E-state index in [1.165, 1.54) is 19.3 Å². The minimum absolute atomic E-state index is 0.0539. The first-order valence-electron chi connectivity index (χ1n) is 12.4. The van der Waals surface area contributed by atoms with Crippen LogP contribution in [0.1, 0.15) is 32.1 Å². The minimum Gasteiger partial charge on any atom is -0.476 e. The smallest absolute Gasteiger partial charge is 0.225 e. The molecule has 1 unspecified atom stereocenters. The number of thiophene rings is 1. The van der Waals surface area contributed by atoms with E-state index in [0.717, 1.165) is 54.7 Å². The minimum atomic E-state index is -0.0766. The molecule has 2 aliphatic heterocycles. The largest absolute Gasteiger partial charge is 0.476 e. The van der Waals surface area contributed by atoms with E-state index in [1.54, 1.807) is 17.7 Å². The van der Waals surface area contributed by atoms with E-state index in [0.29, 0.717) is 25.6 Å². The second-order valence-electron chi connectivity index (χ2n) is 8.94. The third-order valence-electron chi connectivity index (χ3n) is 6.50. The second kappa shape index (κ2) is 11.4. The zero-order valence-electron chi connectivity index (χ0n) is 19.8. The summed E-state index contributed by atoms with van der Waals surface area (Å²) in [5, 5.41) is 13.9. The summed E-state index contributed by atoms with van der Waals surface area (Å²) in [6.07, 6.45) is 7.02. The highest BCUT2D eigenvalue weighted by molar-refractivity contribution is 7.13. The van der Waals surface area contributed by atoms with Crippen molar-refractivity contribution in [2.75, 3.05) is 49.1 Å². The van der Waals surface area contributed by atoms with Gasteiger partial charge in [-0.1, -0.05) is 6.07 Å². The van der Waals surface area contributed by atoms with E-state index < -0.39 is 0 Å². The molecule has 1 amide bonds. The number of nitrogens with zero attached hydrogens (tertiary/aromatic N) is 6. The van der Waals surface area contributed by atoms with Crippen molar-refractivity contribution in [2.24, 2.45) is 5.92 Å².